The Hall–Kier alpha value is -2.44. The molecule has 2 aromatic carbocycles. The molecule has 0 saturated carbocycles. The number of aliphatic hydroxyl groups is 1. The molecule has 1 amide bonds. The molecule has 1 heterocycles. The predicted molar refractivity (Wildman–Crippen MR) is 140 cm³/mol. The number of hydrogen-bond acceptors (Lipinski definition) is 4. The standard InChI is InChI=1S/C28H35BrN2O3/c1-3-5-16-30(17-6-4-2)18-11-19-31-25(22-14-10-15-23(29)20-22)24(27(33)28(31)34)26(32)21-12-8-7-9-13-21/h7-10,12-15,20,25,32H,3-6,11,16-19H2,1-2H3/b26-24+. The molecule has 5 nitrogen and oxygen atoms in total. The highest BCUT2D eigenvalue weighted by atomic mass is 79.9. The Balaban J connectivity index is 1.89. The summed E-state index contributed by atoms with van der Waals surface area (Å²) in [6.45, 7) is 7.84. The third kappa shape index (κ3) is 6.36. The summed E-state index contributed by atoms with van der Waals surface area (Å²) in [5.41, 5.74) is 1.49. The predicted octanol–water partition coefficient (Wildman–Crippen LogP) is 6.16. The Kier molecular flexibility index (Phi) is 9.90. The number of nitrogens with zero attached hydrogens (tertiary/aromatic N) is 2. The van der Waals surface area contributed by atoms with Crippen molar-refractivity contribution in [1.82, 2.24) is 9.80 Å². The van der Waals surface area contributed by atoms with E-state index in [1.807, 2.05) is 30.3 Å². The van der Waals surface area contributed by atoms with Gasteiger partial charge in [0.15, 0.2) is 0 Å². The number of likely N-dealkylation sites (tertiary alicyclic amines) is 1. The summed E-state index contributed by atoms with van der Waals surface area (Å²) in [5.74, 6) is -1.30. The average Bonchev–Trinajstić information content (AvgIpc) is 3.10. The Morgan fingerprint density at radius 1 is 0.941 bits per heavy atom. The van der Waals surface area contributed by atoms with Crippen molar-refractivity contribution in [2.24, 2.45) is 0 Å². The Labute approximate surface area is 211 Å². The highest BCUT2D eigenvalue weighted by molar-refractivity contribution is 9.10. The molecule has 34 heavy (non-hydrogen) atoms. The summed E-state index contributed by atoms with van der Waals surface area (Å²) < 4.78 is 0.862. The number of carbonyl (C=O) groups excluding carboxylic acids is 2. The lowest BCUT2D eigenvalue weighted by atomic mass is 9.95. The van der Waals surface area contributed by atoms with Crippen LogP contribution in [-0.4, -0.2) is 52.8 Å². The van der Waals surface area contributed by atoms with Crippen LogP contribution < -0.4 is 0 Å². The van der Waals surface area contributed by atoms with Gasteiger partial charge in [0, 0.05) is 16.6 Å². The Morgan fingerprint density at radius 3 is 2.21 bits per heavy atom. The summed E-state index contributed by atoms with van der Waals surface area (Å²) in [7, 11) is 0. The third-order valence-electron chi connectivity index (χ3n) is 6.28. The molecule has 1 aliphatic heterocycles. The van der Waals surface area contributed by atoms with Crippen LogP contribution in [0.4, 0.5) is 0 Å². The molecule has 3 rings (SSSR count). The lowest BCUT2D eigenvalue weighted by Gasteiger charge is -2.27. The maximum Gasteiger partial charge on any atom is 0.295 e. The minimum atomic E-state index is -0.625. The van der Waals surface area contributed by atoms with Crippen LogP contribution >= 0.6 is 15.9 Å². The van der Waals surface area contributed by atoms with Crippen LogP contribution in [0.15, 0.2) is 64.6 Å². The van der Waals surface area contributed by atoms with Crippen molar-refractivity contribution < 1.29 is 14.7 Å². The molecule has 0 bridgehead atoms. The summed E-state index contributed by atoms with van der Waals surface area (Å²) >= 11 is 3.51. The van der Waals surface area contributed by atoms with E-state index in [0.717, 1.165) is 61.8 Å². The number of Topliss-reactive ketones (excluding diaryl/α,β-unsaturated/α-hetero) is 1. The van der Waals surface area contributed by atoms with E-state index >= 15 is 0 Å². The van der Waals surface area contributed by atoms with Gasteiger partial charge < -0.3 is 14.9 Å². The molecular weight excluding hydrogens is 492 g/mol. The van der Waals surface area contributed by atoms with Crippen molar-refractivity contribution in [3.63, 3.8) is 0 Å². The lowest BCUT2D eigenvalue weighted by molar-refractivity contribution is -0.140. The van der Waals surface area contributed by atoms with Gasteiger partial charge in [0.25, 0.3) is 11.7 Å². The highest BCUT2D eigenvalue weighted by Crippen LogP contribution is 2.40. The van der Waals surface area contributed by atoms with Gasteiger partial charge in [-0.1, -0.05) is 85.1 Å². The molecule has 1 fully saturated rings. The normalized spacial score (nSPS) is 17.6. The lowest BCUT2D eigenvalue weighted by Crippen LogP contribution is -2.34. The van der Waals surface area contributed by atoms with Gasteiger partial charge in [-0.3, -0.25) is 9.59 Å². The molecule has 1 atom stereocenters. The molecule has 0 spiro atoms. The molecule has 1 aliphatic rings. The van der Waals surface area contributed by atoms with Gasteiger partial charge in [-0.05, 0) is 56.6 Å². The van der Waals surface area contributed by atoms with Gasteiger partial charge >= 0.3 is 0 Å². The maximum absolute atomic E-state index is 13.1. The van der Waals surface area contributed by atoms with Crippen molar-refractivity contribution in [2.75, 3.05) is 26.2 Å². The van der Waals surface area contributed by atoms with Crippen molar-refractivity contribution in [2.45, 2.75) is 52.0 Å². The molecular formula is C28H35BrN2O3. The zero-order valence-corrected chi connectivity index (χ0v) is 21.8. The van der Waals surface area contributed by atoms with Gasteiger partial charge in [0.1, 0.15) is 5.76 Å². The second-order valence-electron chi connectivity index (χ2n) is 8.82. The van der Waals surface area contributed by atoms with E-state index in [4.69, 9.17) is 0 Å². The minimum absolute atomic E-state index is 0.126. The van der Waals surface area contributed by atoms with Crippen LogP contribution in [0.2, 0.25) is 0 Å². The molecule has 0 aliphatic carbocycles. The molecule has 182 valence electrons. The number of amides is 1. The molecule has 0 radical (unpaired) electrons. The zero-order valence-electron chi connectivity index (χ0n) is 20.2. The highest BCUT2D eigenvalue weighted by Gasteiger charge is 2.45. The van der Waals surface area contributed by atoms with E-state index in [1.165, 1.54) is 0 Å². The summed E-state index contributed by atoms with van der Waals surface area (Å²) in [6.07, 6.45) is 5.39. The number of benzene rings is 2. The number of unbranched alkanes of at least 4 members (excludes halogenated alkanes) is 2. The second kappa shape index (κ2) is 12.9. The topological polar surface area (TPSA) is 60.9 Å². The molecule has 1 saturated heterocycles. The number of aliphatic hydroxyl groups excluding tert-OH is 1. The van der Waals surface area contributed by atoms with Crippen LogP contribution in [-0.2, 0) is 9.59 Å². The van der Waals surface area contributed by atoms with Crippen LogP contribution in [0.5, 0.6) is 0 Å². The summed E-state index contributed by atoms with van der Waals surface area (Å²) in [6, 6.07) is 16.0. The monoisotopic (exact) mass is 526 g/mol. The summed E-state index contributed by atoms with van der Waals surface area (Å²) in [4.78, 5) is 30.4. The first kappa shape index (κ1) is 26.2. The van der Waals surface area contributed by atoms with E-state index in [-0.39, 0.29) is 11.3 Å². The van der Waals surface area contributed by atoms with E-state index in [1.54, 1.807) is 29.2 Å². The van der Waals surface area contributed by atoms with Gasteiger partial charge in [-0.2, -0.15) is 0 Å². The van der Waals surface area contributed by atoms with Crippen LogP contribution in [0.3, 0.4) is 0 Å². The fourth-order valence-electron chi connectivity index (χ4n) is 4.45. The maximum atomic E-state index is 13.1. The second-order valence-corrected chi connectivity index (χ2v) is 9.73. The smallest absolute Gasteiger partial charge is 0.295 e. The van der Waals surface area contributed by atoms with Gasteiger partial charge in [-0.25, -0.2) is 0 Å². The minimum Gasteiger partial charge on any atom is -0.507 e. The Morgan fingerprint density at radius 2 is 1.59 bits per heavy atom. The number of halogens is 1. The van der Waals surface area contributed by atoms with Crippen molar-refractivity contribution in [3.05, 3.63) is 75.8 Å². The molecule has 6 heteroatoms. The SMILES string of the molecule is CCCCN(CCCC)CCCN1C(=O)C(=O)/C(=C(/O)c2ccccc2)C1c1cccc(Br)c1. The van der Waals surface area contributed by atoms with Crippen LogP contribution in [0.25, 0.3) is 5.76 Å². The van der Waals surface area contributed by atoms with Gasteiger partial charge in [0.2, 0.25) is 0 Å². The first-order valence-corrected chi connectivity index (χ1v) is 13.1. The zero-order chi connectivity index (χ0) is 24.5. The first-order valence-electron chi connectivity index (χ1n) is 12.3. The summed E-state index contributed by atoms with van der Waals surface area (Å²) in [5, 5.41) is 11.1. The third-order valence-corrected chi connectivity index (χ3v) is 6.77. The molecule has 2 aromatic rings. The van der Waals surface area contributed by atoms with E-state index in [0.29, 0.717) is 12.1 Å². The van der Waals surface area contributed by atoms with Crippen molar-refractivity contribution in [1.29, 1.82) is 0 Å². The largest absolute Gasteiger partial charge is 0.507 e. The van der Waals surface area contributed by atoms with Gasteiger partial charge in [-0.15, -0.1) is 0 Å². The molecule has 0 aromatic heterocycles. The van der Waals surface area contributed by atoms with Crippen LogP contribution in [0.1, 0.15) is 63.1 Å². The van der Waals surface area contributed by atoms with Crippen molar-refractivity contribution in [3.8, 4) is 0 Å². The number of ketones is 1. The van der Waals surface area contributed by atoms with E-state index in [2.05, 4.69) is 34.7 Å². The molecule has 1 N–H and O–H groups in total. The Bertz CT molecular complexity index is 998. The number of carbonyl (C=O) groups is 2. The number of hydrogen-bond donors (Lipinski definition) is 1. The quantitative estimate of drug-likeness (QED) is 0.204. The van der Waals surface area contributed by atoms with Crippen LogP contribution in [0, 0.1) is 0 Å². The average molecular weight is 528 g/mol. The number of rotatable bonds is 12. The van der Waals surface area contributed by atoms with E-state index in [9.17, 15) is 14.7 Å². The van der Waals surface area contributed by atoms with E-state index < -0.39 is 17.7 Å². The fourth-order valence-corrected chi connectivity index (χ4v) is 4.87. The van der Waals surface area contributed by atoms with Crippen molar-refractivity contribution >= 4 is 33.4 Å². The molecule has 1 unspecified atom stereocenters. The van der Waals surface area contributed by atoms with Gasteiger partial charge in [0.05, 0.1) is 11.6 Å². The fraction of sp³-hybridized carbons (Fsp3) is 0.429. The first-order chi connectivity index (χ1) is 16.5.